The fourth-order valence-corrected chi connectivity index (χ4v) is 2.43. The zero-order chi connectivity index (χ0) is 12.6. The lowest BCUT2D eigenvalue weighted by Gasteiger charge is -2.20. The van der Waals surface area contributed by atoms with Gasteiger partial charge < -0.3 is 10.0 Å². The molecule has 0 unspecified atom stereocenters. The maximum atomic E-state index is 10.9. The highest BCUT2D eigenvalue weighted by molar-refractivity contribution is 5.70. The first-order valence-electron chi connectivity index (χ1n) is 5.95. The van der Waals surface area contributed by atoms with Gasteiger partial charge in [-0.15, -0.1) is 0 Å². The molecule has 0 heterocycles. The van der Waals surface area contributed by atoms with E-state index in [0.717, 1.165) is 12.8 Å². The summed E-state index contributed by atoms with van der Waals surface area (Å²) in [4.78, 5) is 13.0. The van der Waals surface area contributed by atoms with Gasteiger partial charge in [-0.2, -0.15) is 0 Å². The predicted octanol–water partition coefficient (Wildman–Crippen LogP) is 2.57. The minimum absolute atomic E-state index is 0.0930. The van der Waals surface area contributed by atoms with Crippen LogP contribution in [0.1, 0.15) is 30.4 Å². The zero-order valence-electron chi connectivity index (χ0n) is 10.7. The summed E-state index contributed by atoms with van der Waals surface area (Å²) in [5.41, 5.74) is 3.49. The third-order valence-corrected chi connectivity index (χ3v) is 3.65. The fourth-order valence-electron chi connectivity index (χ4n) is 2.43. The average Bonchev–Trinajstić information content (AvgIpc) is 2.97. The second kappa shape index (κ2) is 4.06. The number of nitrogens with zero attached hydrogens (tertiary/aromatic N) is 1. The Morgan fingerprint density at radius 1 is 1.41 bits per heavy atom. The fraction of sp³-hybridized carbons (Fsp3) is 0.500. The second-order valence-electron chi connectivity index (χ2n) is 5.25. The molecule has 0 aromatic heterocycles. The van der Waals surface area contributed by atoms with Gasteiger partial charge in [0, 0.05) is 25.2 Å². The number of carboxylic acids is 1. The highest BCUT2D eigenvalue weighted by atomic mass is 16.4. The Morgan fingerprint density at radius 3 is 2.53 bits per heavy atom. The third-order valence-electron chi connectivity index (χ3n) is 3.65. The Bertz CT molecular complexity index is 448. The van der Waals surface area contributed by atoms with Crippen molar-refractivity contribution in [3.8, 4) is 0 Å². The summed E-state index contributed by atoms with van der Waals surface area (Å²) < 4.78 is 0. The second-order valence-corrected chi connectivity index (χ2v) is 5.25. The lowest BCUT2D eigenvalue weighted by atomic mass is 9.91. The summed E-state index contributed by atoms with van der Waals surface area (Å²) in [6.45, 7) is 2.08. The molecular formula is C14H19NO2. The van der Waals surface area contributed by atoms with Crippen molar-refractivity contribution >= 4 is 11.7 Å². The van der Waals surface area contributed by atoms with Crippen LogP contribution in [-0.4, -0.2) is 25.2 Å². The quantitative estimate of drug-likeness (QED) is 0.869. The van der Waals surface area contributed by atoms with Crippen molar-refractivity contribution in [2.75, 3.05) is 19.0 Å². The van der Waals surface area contributed by atoms with Crippen LogP contribution < -0.4 is 4.90 Å². The molecule has 1 saturated carbocycles. The molecule has 1 aromatic rings. The molecule has 0 aliphatic heterocycles. The topological polar surface area (TPSA) is 40.5 Å². The number of hydrogen-bond acceptors (Lipinski definition) is 2. The van der Waals surface area contributed by atoms with Crippen LogP contribution in [0.3, 0.4) is 0 Å². The molecule has 1 fully saturated rings. The van der Waals surface area contributed by atoms with Gasteiger partial charge in [0.15, 0.2) is 0 Å². The third kappa shape index (κ3) is 2.28. The molecule has 1 aliphatic carbocycles. The maximum Gasteiger partial charge on any atom is 0.304 e. The first-order valence-corrected chi connectivity index (χ1v) is 5.95. The van der Waals surface area contributed by atoms with Crippen LogP contribution in [0.2, 0.25) is 0 Å². The molecule has 0 saturated heterocycles. The van der Waals surface area contributed by atoms with Gasteiger partial charge in [0.05, 0.1) is 6.42 Å². The highest BCUT2D eigenvalue weighted by Gasteiger charge is 2.46. The molecule has 3 nitrogen and oxygen atoms in total. The lowest BCUT2D eigenvalue weighted by molar-refractivity contribution is -0.137. The van der Waals surface area contributed by atoms with Gasteiger partial charge in [0.1, 0.15) is 0 Å². The highest BCUT2D eigenvalue weighted by Crippen LogP contribution is 2.51. The molecule has 92 valence electrons. The van der Waals surface area contributed by atoms with Crippen molar-refractivity contribution in [1.82, 2.24) is 0 Å². The SMILES string of the molecule is Cc1ccc(C2(CC(=O)O)CC2)cc1N(C)C. The van der Waals surface area contributed by atoms with E-state index in [1.165, 1.54) is 16.8 Å². The Morgan fingerprint density at radius 2 is 2.06 bits per heavy atom. The number of anilines is 1. The summed E-state index contributed by atoms with van der Waals surface area (Å²) in [5.74, 6) is -0.700. The van der Waals surface area contributed by atoms with Gasteiger partial charge in [0.25, 0.3) is 0 Å². The molecule has 2 rings (SSSR count). The van der Waals surface area contributed by atoms with E-state index in [2.05, 4.69) is 30.0 Å². The van der Waals surface area contributed by atoms with Crippen LogP contribution in [0.15, 0.2) is 18.2 Å². The van der Waals surface area contributed by atoms with E-state index >= 15 is 0 Å². The summed E-state index contributed by atoms with van der Waals surface area (Å²) in [6, 6.07) is 6.32. The number of aryl methyl sites for hydroxylation is 1. The summed E-state index contributed by atoms with van der Waals surface area (Å²) in [5, 5.41) is 8.97. The first-order chi connectivity index (χ1) is 7.94. The van der Waals surface area contributed by atoms with Gasteiger partial charge in [-0.1, -0.05) is 12.1 Å². The van der Waals surface area contributed by atoms with E-state index < -0.39 is 5.97 Å². The summed E-state index contributed by atoms with van der Waals surface area (Å²) in [6.07, 6.45) is 2.24. The van der Waals surface area contributed by atoms with Crippen molar-refractivity contribution in [1.29, 1.82) is 0 Å². The summed E-state index contributed by atoms with van der Waals surface area (Å²) in [7, 11) is 4.03. The van der Waals surface area contributed by atoms with Gasteiger partial charge in [-0.25, -0.2) is 0 Å². The molecule has 0 atom stereocenters. The molecule has 1 aromatic carbocycles. The van der Waals surface area contributed by atoms with E-state index in [4.69, 9.17) is 5.11 Å². The molecule has 17 heavy (non-hydrogen) atoms. The number of rotatable bonds is 4. The molecule has 1 aliphatic rings. The number of benzene rings is 1. The first kappa shape index (κ1) is 12.0. The molecular weight excluding hydrogens is 214 g/mol. The summed E-state index contributed by atoms with van der Waals surface area (Å²) >= 11 is 0. The van der Waals surface area contributed by atoms with Crippen LogP contribution >= 0.6 is 0 Å². The van der Waals surface area contributed by atoms with Crippen molar-refractivity contribution in [3.63, 3.8) is 0 Å². The standard InChI is InChI=1S/C14H19NO2/c1-10-4-5-11(8-12(10)15(2)3)14(6-7-14)9-13(16)17/h4-5,8H,6-7,9H2,1-3H3,(H,16,17). The number of carboxylic acid groups (broad SMARTS) is 1. The zero-order valence-corrected chi connectivity index (χ0v) is 10.7. The lowest BCUT2D eigenvalue weighted by Crippen LogP contribution is -2.15. The van der Waals surface area contributed by atoms with Crippen LogP contribution in [-0.2, 0) is 10.2 Å². The van der Waals surface area contributed by atoms with E-state index in [-0.39, 0.29) is 11.8 Å². The van der Waals surface area contributed by atoms with Gasteiger partial charge >= 0.3 is 5.97 Å². The smallest absolute Gasteiger partial charge is 0.304 e. The van der Waals surface area contributed by atoms with Crippen LogP contribution in [0.5, 0.6) is 0 Å². The minimum Gasteiger partial charge on any atom is -0.481 e. The minimum atomic E-state index is -0.700. The van der Waals surface area contributed by atoms with Crippen molar-refractivity contribution in [3.05, 3.63) is 29.3 Å². The Balaban J connectivity index is 2.34. The number of carbonyl (C=O) groups is 1. The van der Waals surface area contributed by atoms with E-state index in [1.807, 2.05) is 14.1 Å². The number of hydrogen-bond donors (Lipinski definition) is 1. The van der Waals surface area contributed by atoms with Crippen molar-refractivity contribution in [2.45, 2.75) is 31.6 Å². The normalized spacial score (nSPS) is 16.6. The Kier molecular flexibility index (Phi) is 2.86. The maximum absolute atomic E-state index is 10.9. The Labute approximate surface area is 102 Å². The van der Waals surface area contributed by atoms with Gasteiger partial charge in [-0.3, -0.25) is 4.79 Å². The van der Waals surface area contributed by atoms with Crippen molar-refractivity contribution in [2.24, 2.45) is 0 Å². The average molecular weight is 233 g/mol. The van der Waals surface area contributed by atoms with Crippen LogP contribution in [0.25, 0.3) is 0 Å². The number of aliphatic carboxylic acids is 1. The van der Waals surface area contributed by atoms with Gasteiger partial charge in [0.2, 0.25) is 0 Å². The van der Waals surface area contributed by atoms with E-state index in [0.29, 0.717) is 0 Å². The molecule has 1 N–H and O–H groups in total. The molecule has 0 spiro atoms. The molecule has 0 amide bonds. The molecule has 0 radical (unpaired) electrons. The Hall–Kier alpha value is -1.51. The van der Waals surface area contributed by atoms with E-state index in [1.54, 1.807) is 0 Å². The molecule has 3 heteroatoms. The van der Waals surface area contributed by atoms with Gasteiger partial charge in [-0.05, 0) is 37.0 Å². The molecule has 0 bridgehead atoms. The monoisotopic (exact) mass is 233 g/mol. The largest absolute Gasteiger partial charge is 0.481 e. The van der Waals surface area contributed by atoms with Crippen LogP contribution in [0.4, 0.5) is 5.69 Å². The van der Waals surface area contributed by atoms with E-state index in [9.17, 15) is 4.79 Å². The van der Waals surface area contributed by atoms with Crippen LogP contribution in [0, 0.1) is 6.92 Å². The van der Waals surface area contributed by atoms with Crippen molar-refractivity contribution < 1.29 is 9.90 Å². The predicted molar refractivity (Wildman–Crippen MR) is 68.7 cm³/mol.